The van der Waals surface area contributed by atoms with Crippen LogP contribution in [0.15, 0.2) is 42.5 Å². The Bertz CT molecular complexity index is 960. The minimum atomic E-state index is -1.00. The van der Waals surface area contributed by atoms with Gasteiger partial charge in [-0.1, -0.05) is 18.2 Å². The molecule has 0 aliphatic rings. The number of rotatable bonds is 11. The number of carbonyl (C=O) groups is 3. The first kappa shape index (κ1) is 23.5. The third-order valence-electron chi connectivity index (χ3n) is 4.28. The lowest BCUT2D eigenvalue weighted by molar-refractivity contribution is -0.137. The summed E-state index contributed by atoms with van der Waals surface area (Å²) >= 11 is 0. The van der Waals surface area contributed by atoms with Crippen LogP contribution < -0.4 is 18.9 Å². The number of benzene rings is 2. The van der Waals surface area contributed by atoms with Crippen LogP contribution in [-0.4, -0.2) is 44.2 Å². The number of allylic oxidation sites excluding steroid dienone is 1. The molecule has 2 aromatic rings. The molecule has 0 fully saturated rings. The number of carboxylic acids is 1. The van der Waals surface area contributed by atoms with Crippen LogP contribution in [-0.2, 0) is 9.59 Å². The van der Waals surface area contributed by atoms with Gasteiger partial charge in [0.15, 0.2) is 5.78 Å². The van der Waals surface area contributed by atoms with Crippen LogP contribution in [0, 0.1) is 0 Å². The Morgan fingerprint density at radius 2 is 1.52 bits per heavy atom. The highest BCUT2D eigenvalue weighted by atomic mass is 16.5. The van der Waals surface area contributed by atoms with Gasteiger partial charge in [-0.15, -0.1) is 0 Å². The van der Waals surface area contributed by atoms with Crippen LogP contribution in [0.2, 0.25) is 0 Å². The third kappa shape index (κ3) is 6.88. The van der Waals surface area contributed by atoms with Crippen LogP contribution in [0.4, 0.5) is 0 Å². The summed E-state index contributed by atoms with van der Waals surface area (Å²) in [5.74, 6) is -0.931. The van der Waals surface area contributed by atoms with E-state index in [9.17, 15) is 14.4 Å². The number of carboxylic acid groups (broad SMARTS) is 1. The van der Waals surface area contributed by atoms with Crippen molar-refractivity contribution in [2.24, 2.45) is 0 Å². The van der Waals surface area contributed by atoms with E-state index in [1.165, 1.54) is 32.4 Å². The predicted octanol–water partition coefficient (Wildman–Crippen LogP) is 3.77. The Kier molecular flexibility index (Phi) is 8.63. The standard InChI is InChI=1S/C23H24O8/c1-28-16-10-7-15(8-11-16)9-12-18(24)23-19(30-3)13-17(29-2)14-20(23)31-22(27)6-4-5-21(25)26/h7-14H,4-6H2,1-3H3,(H,25,26)/b12-9+. The van der Waals surface area contributed by atoms with Gasteiger partial charge in [-0.25, -0.2) is 0 Å². The molecule has 31 heavy (non-hydrogen) atoms. The summed E-state index contributed by atoms with van der Waals surface area (Å²) < 4.78 is 21.0. The number of methoxy groups -OCH3 is 3. The van der Waals surface area contributed by atoms with Crippen molar-refractivity contribution in [3.8, 4) is 23.0 Å². The van der Waals surface area contributed by atoms with Crippen molar-refractivity contribution in [3.05, 3.63) is 53.6 Å². The third-order valence-corrected chi connectivity index (χ3v) is 4.28. The zero-order valence-corrected chi connectivity index (χ0v) is 17.5. The number of esters is 1. The highest BCUT2D eigenvalue weighted by molar-refractivity contribution is 6.11. The predicted molar refractivity (Wildman–Crippen MR) is 113 cm³/mol. The molecule has 0 aliphatic heterocycles. The Labute approximate surface area is 180 Å². The van der Waals surface area contributed by atoms with Gasteiger partial charge in [0.05, 0.1) is 21.3 Å². The maximum atomic E-state index is 12.9. The molecular weight excluding hydrogens is 404 g/mol. The first-order chi connectivity index (χ1) is 14.9. The number of carbonyl (C=O) groups excluding carboxylic acids is 2. The van der Waals surface area contributed by atoms with Crippen LogP contribution in [0.1, 0.15) is 35.2 Å². The van der Waals surface area contributed by atoms with Gasteiger partial charge >= 0.3 is 11.9 Å². The lowest BCUT2D eigenvalue weighted by atomic mass is 10.1. The van der Waals surface area contributed by atoms with Crippen LogP contribution in [0.3, 0.4) is 0 Å². The van der Waals surface area contributed by atoms with Gasteiger partial charge in [0, 0.05) is 25.0 Å². The topological polar surface area (TPSA) is 108 Å². The molecule has 0 unspecified atom stereocenters. The van der Waals surface area contributed by atoms with Gasteiger partial charge in [0.2, 0.25) is 0 Å². The monoisotopic (exact) mass is 428 g/mol. The van der Waals surface area contributed by atoms with E-state index in [2.05, 4.69) is 0 Å². The second kappa shape index (κ2) is 11.4. The average molecular weight is 428 g/mol. The zero-order valence-electron chi connectivity index (χ0n) is 17.5. The molecule has 0 atom stereocenters. The summed E-state index contributed by atoms with van der Waals surface area (Å²) in [5, 5.41) is 8.71. The van der Waals surface area contributed by atoms with Crippen LogP contribution in [0.5, 0.6) is 23.0 Å². The van der Waals surface area contributed by atoms with Crippen molar-refractivity contribution in [1.29, 1.82) is 0 Å². The molecular formula is C23H24O8. The van der Waals surface area contributed by atoms with E-state index in [1.807, 2.05) is 0 Å². The number of aliphatic carboxylic acids is 1. The number of hydrogen-bond donors (Lipinski definition) is 1. The maximum Gasteiger partial charge on any atom is 0.311 e. The zero-order chi connectivity index (χ0) is 22.8. The minimum Gasteiger partial charge on any atom is -0.497 e. The molecule has 0 aliphatic carbocycles. The second-order valence-electron chi connectivity index (χ2n) is 6.39. The largest absolute Gasteiger partial charge is 0.497 e. The van der Waals surface area contributed by atoms with Gasteiger partial charge in [-0.3, -0.25) is 14.4 Å². The summed E-state index contributed by atoms with van der Waals surface area (Å²) in [6.07, 6.45) is 2.81. The van der Waals surface area contributed by atoms with Gasteiger partial charge < -0.3 is 24.1 Å². The Morgan fingerprint density at radius 3 is 2.10 bits per heavy atom. The SMILES string of the molecule is COc1ccc(/C=C/C(=O)c2c(OC)cc(OC)cc2OC(=O)CCCC(=O)O)cc1. The average Bonchev–Trinajstić information content (AvgIpc) is 2.76. The van der Waals surface area contributed by atoms with Crippen molar-refractivity contribution in [1.82, 2.24) is 0 Å². The van der Waals surface area contributed by atoms with Gasteiger partial charge in [0.25, 0.3) is 0 Å². The fourth-order valence-corrected chi connectivity index (χ4v) is 2.70. The molecule has 2 aromatic carbocycles. The molecule has 0 spiro atoms. The van der Waals surface area contributed by atoms with E-state index in [4.69, 9.17) is 24.1 Å². The molecule has 2 rings (SSSR count). The normalized spacial score (nSPS) is 10.5. The Hall–Kier alpha value is -3.81. The molecule has 8 heteroatoms. The number of ether oxygens (including phenoxy) is 4. The van der Waals surface area contributed by atoms with Gasteiger partial charge in [0.1, 0.15) is 28.6 Å². The molecule has 0 heterocycles. The van der Waals surface area contributed by atoms with Crippen molar-refractivity contribution in [2.75, 3.05) is 21.3 Å². The van der Waals surface area contributed by atoms with Gasteiger partial charge in [-0.2, -0.15) is 0 Å². The summed E-state index contributed by atoms with van der Waals surface area (Å²) in [6.45, 7) is 0. The van der Waals surface area contributed by atoms with E-state index < -0.39 is 17.7 Å². The summed E-state index contributed by atoms with van der Waals surface area (Å²) in [6, 6.07) is 10.0. The van der Waals surface area contributed by atoms with E-state index >= 15 is 0 Å². The lowest BCUT2D eigenvalue weighted by Gasteiger charge is -2.14. The van der Waals surface area contributed by atoms with E-state index in [1.54, 1.807) is 37.5 Å². The Morgan fingerprint density at radius 1 is 0.871 bits per heavy atom. The smallest absolute Gasteiger partial charge is 0.311 e. The number of hydrogen-bond acceptors (Lipinski definition) is 7. The van der Waals surface area contributed by atoms with Crippen molar-refractivity contribution in [3.63, 3.8) is 0 Å². The molecule has 1 N–H and O–H groups in total. The van der Waals surface area contributed by atoms with Gasteiger partial charge in [-0.05, 0) is 30.2 Å². The molecule has 8 nitrogen and oxygen atoms in total. The summed E-state index contributed by atoms with van der Waals surface area (Å²) in [7, 11) is 4.38. The Balaban J connectivity index is 2.30. The first-order valence-electron chi connectivity index (χ1n) is 9.43. The molecule has 0 radical (unpaired) electrons. The quantitative estimate of drug-likeness (QED) is 0.249. The lowest BCUT2D eigenvalue weighted by Crippen LogP contribution is -2.12. The molecule has 0 bridgehead atoms. The van der Waals surface area contributed by atoms with Crippen molar-refractivity contribution >= 4 is 23.8 Å². The maximum absolute atomic E-state index is 12.9. The molecule has 0 amide bonds. The number of ketones is 1. The molecule has 0 saturated carbocycles. The van der Waals surface area contributed by atoms with E-state index in [0.717, 1.165) is 5.56 Å². The molecule has 0 aromatic heterocycles. The molecule has 0 saturated heterocycles. The van der Waals surface area contributed by atoms with E-state index in [0.29, 0.717) is 11.5 Å². The highest BCUT2D eigenvalue weighted by Crippen LogP contribution is 2.35. The van der Waals surface area contributed by atoms with E-state index in [-0.39, 0.29) is 36.3 Å². The first-order valence-corrected chi connectivity index (χ1v) is 9.43. The fraction of sp³-hybridized carbons (Fsp3) is 0.261. The minimum absolute atomic E-state index is 0.0269. The fourth-order valence-electron chi connectivity index (χ4n) is 2.70. The summed E-state index contributed by atoms with van der Waals surface area (Å²) in [5.41, 5.74) is 0.827. The highest BCUT2D eigenvalue weighted by Gasteiger charge is 2.21. The van der Waals surface area contributed by atoms with Crippen LogP contribution in [0.25, 0.3) is 6.08 Å². The van der Waals surface area contributed by atoms with Crippen molar-refractivity contribution in [2.45, 2.75) is 19.3 Å². The van der Waals surface area contributed by atoms with Crippen molar-refractivity contribution < 1.29 is 38.4 Å². The molecule has 164 valence electrons. The second-order valence-corrected chi connectivity index (χ2v) is 6.39. The summed E-state index contributed by atoms with van der Waals surface area (Å²) in [4.78, 5) is 35.7. The van der Waals surface area contributed by atoms with Crippen LogP contribution >= 0.6 is 0 Å².